The Hall–Kier alpha value is -2.64. The number of aryl methyl sites for hydroxylation is 2. The predicted octanol–water partition coefficient (Wildman–Crippen LogP) is 4.42. The van der Waals surface area contributed by atoms with Crippen LogP contribution in [0.5, 0.6) is 0 Å². The van der Waals surface area contributed by atoms with Crippen molar-refractivity contribution in [2.45, 2.75) is 18.1 Å². The molecule has 0 saturated heterocycles. The molecule has 0 saturated carbocycles. The summed E-state index contributed by atoms with van der Waals surface area (Å²) in [5.41, 5.74) is 3.62. The smallest absolute Gasteiger partial charge is 0.271 e. The largest absolute Gasteiger partial charge is 0.322 e. The molecule has 0 aliphatic heterocycles. The number of thiophene rings is 1. The average Bonchev–Trinajstić information content (AvgIpc) is 3.14. The molecule has 3 aromatic rings. The van der Waals surface area contributed by atoms with E-state index in [4.69, 9.17) is 0 Å². The zero-order chi connectivity index (χ0) is 18.7. The van der Waals surface area contributed by atoms with Gasteiger partial charge in [-0.3, -0.25) is 9.52 Å². The summed E-state index contributed by atoms with van der Waals surface area (Å²) in [5, 5.41) is 4.61. The Balaban J connectivity index is 1.74. The number of rotatable bonds is 5. The lowest BCUT2D eigenvalue weighted by Gasteiger charge is -2.12. The summed E-state index contributed by atoms with van der Waals surface area (Å²) >= 11 is 1.15. The van der Waals surface area contributed by atoms with Gasteiger partial charge in [-0.25, -0.2) is 8.42 Å². The van der Waals surface area contributed by atoms with E-state index in [2.05, 4.69) is 10.0 Å². The van der Waals surface area contributed by atoms with Crippen molar-refractivity contribution in [3.05, 3.63) is 76.7 Å². The molecule has 0 radical (unpaired) electrons. The molecular weight excluding hydrogens is 368 g/mol. The molecule has 26 heavy (non-hydrogen) atoms. The Labute approximate surface area is 156 Å². The van der Waals surface area contributed by atoms with E-state index in [0.717, 1.165) is 28.2 Å². The van der Waals surface area contributed by atoms with Crippen molar-refractivity contribution in [1.82, 2.24) is 0 Å². The zero-order valence-corrected chi connectivity index (χ0v) is 15.9. The second-order valence-corrected chi connectivity index (χ2v) is 8.69. The molecule has 2 aromatic carbocycles. The van der Waals surface area contributed by atoms with Gasteiger partial charge in [0.15, 0.2) is 0 Å². The highest BCUT2D eigenvalue weighted by atomic mass is 32.2. The van der Waals surface area contributed by atoms with Crippen LogP contribution in [-0.2, 0) is 10.0 Å². The molecule has 0 aliphatic rings. The second-order valence-electron chi connectivity index (χ2n) is 5.84. The molecule has 1 heterocycles. The van der Waals surface area contributed by atoms with Gasteiger partial charge in [-0.05, 0) is 60.7 Å². The topological polar surface area (TPSA) is 75.3 Å². The normalized spacial score (nSPS) is 11.2. The molecular formula is C19H18N2O3S2. The molecule has 0 aliphatic carbocycles. The summed E-state index contributed by atoms with van der Waals surface area (Å²) in [4.78, 5) is 12.5. The first-order chi connectivity index (χ1) is 12.4. The minimum absolute atomic E-state index is 0.241. The molecule has 0 fully saturated rings. The van der Waals surface area contributed by atoms with E-state index in [1.54, 1.807) is 41.8 Å². The van der Waals surface area contributed by atoms with Crippen LogP contribution in [0.15, 0.2) is 64.2 Å². The third-order valence-corrected chi connectivity index (χ3v) is 6.66. The second kappa shape index (κ2) is 7.31. The van der Waals surface area contributed by atoms with Gasteiger partial charge in [-0.1, -0.05) is 24.3 Å². The Kier molecular flexibility index (Phi) is 5.11. The van der Waals surface area contributed by atoms with Crippen molar-refractivity contribution in [2.75, 3.05) is 10.0 Å². The number of amides is 1. The molecule has 5 nitrogen and oxygen atoms in total. The molecule has 3 rings (SSSR count). The summed E-state index contributed by atoms with van der Waals surface area (Å²) in [6.45, 7) is 3.87. The average molecular weight is 386 g/mol. The Morgan fingerprint density at radius 1 is 0.923 bits per heavy atom. The number of anilines is 2. The monoisotopic (exact) mass is 386 g/mol. The van der Waals surface area contributed by atoms with Gasteiger partial charge in [0.1, 0.15) is 4.21 Å². The van der Waals surface area contributed by atoms with Gasteiger partial charge in [-0.15, -0.1) is 11.3 Å². The number of carbonyl (C=O) groups excluding carboxylic acids is 1. The Morgan fingerprint density at radius 3 is 2.15 bits per heavy atom. The summed E-state index contributed by atoms with van der Waals surface area (Å²) in [7, 11) is -3.59. The lowest BCUT2D eigenvalue weighted by Crippen LogP contribution is -2.14. The van der Waals surface area contributed by atoms with Crippen LogP contribution >= 0.6 is 11.3 Å². The van der Waals surface area contributed by atoms with Gasteiger partial charge in [-0.2, -0.15) is 0 Å². The summed E-state index contributed by atoms with van der Waals surface area (Å²) in [6.07, 6.45) is 0. The van der Waals surface area contributed by atoms with Crippen molar-refractivity contribution in [2.24, 2.45) is 0 Å². The quantitative estimate of drug-likeness (QED) is 0.682. The van der Waals surface area contributed by atoms with E-state index in [1.807, 2.05) is 32.0 Å². The molecule has 0 spiro atoms. The van der Waals surface area contributed by atoms with Crippen LogP contribution in [0.3, 0.4) is 0 Å². The lowest BCUT2D eigenvalue weighted by atomic mass is 10.1. The van der Waals surface area contributed by atoms with Gasteiger partial charge in [0.05, 0.1) is 0 Å². The third-order valence-electron chi connectivity index (χ3n) is 3.88. The highest BCUT2D eigenvalue weighted by Crippen LogP contribution is 2.22. The van der Waals surface area contributed by atoms with E-state index in [-0.39, 0.29) is 10.1 Å². The summed E-state index contributed by atoms with van der Waals surface area (Å²) < 4.78 is 27.2. The molecule has 134 valence electrons. The fourth-order valence-electron chi connectivity index (χ4n) is 2.51. The van der Waals surface area contributed by atoms with Crippen LogP contribution in [0.4, 0.5) is 11.4 Å². The summed E-state index contributed by atoms with van der Waals surface area (Å²) in [5.74, 6) is -0.241. The lowest BCUT2D eigenvalue weighted by molar-refractivity contribution is 0.102. The summed E-state index contributed by atoms with van der Waals surface area (Å²) in [6, 6.07) is 15.4. The van der Waals surface area contributed by atoms with Crippen LogP contribution in [0, 0.1) is 13.8 Å². The van der Waals surface area contributed by atoms with E-state index in [9.17, 15) is 13.2 Å². The minimum Gasteiger partial charge on any atom is -0.322 e. The molecule has 1 amide bonds. The number of nitrogens with one attached hydrogen (secondary N) is 2. The van der Waals surface area contributed by atoms with Crippen molar-refractivity contribution < 1.29 is 13.2 Å². The highest BCUT2D eigenvalue weighted by molar-refractivity contribution is 7.94. The first kappa shape index (κ1) is 18.2. The Morgan fingerprint density at radius 2 is 1.58 bits per heavy atom. The molecule has 7 heteroatoms. The SMILES string of the molecule is Cc1cccc(C)c1NC(=O)c1ccc(NS(=O)(=O)c2cccs2)cc1. The predicted molar refractivity (Wildman–Crippen MR) is 105 cm³/mol. The molecule has 2 N–H and O–H groups in total. The van der Waals surface area contributed by atoms with Crippen LogP contribution < -0.4 is 10.0 Å². The van der Waals surface area contributed by atoms with E-state index < -0.39 is 10.0 Å². The minimum atomic E-state index is -3.59. The van der Waals surface area contributed by atoms with Crippen molar-refractivity contribution in [3.8, 4) is 0 Å². The fourth-order valence-corrected chi connectivity index (χ4v) is 4.56. The number of benzene rings is 2. The number of hydrogen-bond donors (Lipinski definition) is 2. The van der Waals surface area contributed by atoms with Crippen LogP contribution in [0.1, 0.15) is 21.5 Å². The van der Waals surface area contributed by atoms with Gasteiger partial charge in [0.2, 0.25) is 0 Å². The maximum Gasteiger partial charge on any atom is 0.271 e. The van der Waals surface area contributed by atoms with E-state index in [1.165, 1.54) is 0 Å². The maximum atomic E-state index is 12.5. The van der Waals surface area contributed by atoms with Gasteiger partial charge in [0, 0.05) is 16.9 Å². The van der Waals surface area contributed by atoms with Gasteiger partial charge in [0.25, 0.3) is 15.9 Å². The zero-order valence-electron chi connectivity index (χ0n) is 14.3. The molecule has 0 unspecified atom stereocenters. The number of para-hydroxylation sites is 1. The van der Waals surface area contributed by atoms with Crippen molar-refractivity contribution >= 4 is 38.6 Å². The first-order valence-electron chi connectivity index (χ1n) is 7.91. The van der Waals surface area contributed by atoms with E-state index in [0.29, 0.717) is 11.3 Å². The maximum absolute atomic E-state index is 12.5. The van der Waals surface area contributed by atoms with Crippen LogP contribution in [-0.4, -0.2) is 14.3 Å². The molecule has 1 aromatic heterocycles. The third kappa shape index (κ3) is 3.95. The van der Waals surface area contributed by atoms with Crippen molar-refractivity contribution in [3.63, 3.8) is 0 Å². The number of hydrogen-bond acceptors (Lipinski definition) is 4. The van der Waals surface area contributed by atoms with E-state index >= 15 is 0 Å². The number of sulfonamides is 1. The highest BCUT2D eigenvalue weighted by Gasteiger charge is 2.15. The fraction of sp³-hybridized carbons (Fsp3) is 0.105. The van der Waals surface area contributed by atoms with Gasteiger partial charge < -0.3 is 5.32 Å². The van der Waals surface area contributed by atoms with Gasteiger partial charge >= 0.3 is 0 Å². The van der Waals surface area contributed by atoms with Crippen molar-refractivity contribution in [1.29, 1.82) is 0 Å². The molecule has 0 bridgehead atoms. The standard InChI is InChI=1S/C19H18N2O3S2/c1-13-5-3-6-14(2)18(13)20-19(22)15-8-10-16(11-9-15)21-26(23,24)17-7-4-12-25-17/h3-12,21H,1-2H3,(H,20,22). The Bertz CT molecular complexity index is 1000. The first-order valence-corrected chi connectivity index (χ1v) is 10.3. The number of carbonyl (C=O) groups is 1. The van der Waals surface area contributed by atoms with Crippen LogP contribution in [0.25, 0.3) is 0 Å². The molecule has 0 atom stereocenters. The van der Waals surface area contributed by atoms with Crippen LogP contribution in [0.2, 0.25) is 0 Å².